The number of rotatable bonds is 7. The lowest BCUT2D eigenvalue weighted by molar-refractivity contribution is -0.0730. The van der Waals surface area contributed by atoms with Gasteiger partial charge < -0.3 is 26.6 Å². The van der Waals surface area contributed by atoms with Gasteiger partial charge in [0.1, 0.15) is 23.0 Å². The van der Waals surface area contributed by atoms with Crippen LogP contribution in [-0.4, -0.2) is 42.7 Å². The molecule has 6 N–H and O–H groups in total. The van der Waals surface area contributed by atoms with Crippen LogP contribution in [0, 0.1) is 5.82 Å². The summed E-state index contributed by atoms with van der Waals surface area (Å²) in [5, 5.41) is 16.7. The van der Waals surface area contributed by atoms with Crippen LogP contribution < -0.4 is 16.8 Å². The van der Waals surface area contributed by atoms with Gasteiger partial charge in [0, 0.05) is 19.2 Å². The number of nitrogens with one attached hydrogen (secondary N) is 1. The monoisotopic (exact) mass is 424 g/mol. The van der Waals surface area contributed by atoms with E-state index in [1.54, 1.807) is 48.0 Å². The molecule has 160 valence electrons. The van der Waals surface area contributed by atoms with Crippen molar-refractivity contribution in [2.75, 3.05) is 23.4 Å². The number of fused-ring (bicyclic) bond motifs is 1. The van der Waals surface area contributed by atoms with Crippen LogP contribution in [0.5, 0.6) is 0 Å². The van der Waals surface area contributed by atoms with Gasteiger partial charge in [-0.05, 0) is 30.7 Å². The predicted octanol–water partition coefficient (Wildman–Crippen LogP) is 1.80. The van der Waals surface area contributed by atoms with E-state index in [2.05, 4.69) is 25.4 Å². The number of aromatic nitrogens is 5. The largest absolute Gasteiger partial charge is 0.382 e. The standard InChI is InChI=1S/C20H21FN8O2/c1-2-31-20(30)26-16-17(22)27-19(28-18(16)23)15-13-8-5-9-24-29(13)14(25-15)10-11-6-3-4-7-12(11)21/h3-9,20,26,30H,2,10H2,1H3,(H4,22,23,27,28). The molecule has 0 amide bonds. The fourth-order valence-corrected chi connectivity index (χ4v) is 3.15. The second kappa shape index (κ2) is 8.50. The number of benzene rings is 1. The van der Waals surface area contributed by atoms with E-state index in [0.29, 0.717) is 22.6 Å². The van der Waals surface area contributed by atoms with Crippen LogP contribution in [0.3, 0.4) is 0 Å². The maximum atomic E-state index is 14.2. The number of halogens is 1. The first-order valence-corrected chi connectivity index (χ1v) is 9.53. The van der Waals surface area contributed by atoms with Gasteiger partial charge in [-0.15, -0.1) is 0 Å². The summed E-state index contributed by atoms with van der Waals surface area (Å²) in [6, 6.07) is 10.0. The number of hydrogen-bond donors (Lipinski definition) is 4. The summed E-state index contributed by atoms with van der Waals surface area (Å²) in [5.74, 6) is 0.385. The molecule has 0 bridgehead atoms. The second-order valence-electron chi connectivity index (χ2n) is 6.61. The molecule has 4 rings (SSSR count). The van der Waals surface area contributed by atoms with Crippen molar-refractivity contribution in [2.45, 2.75) is 19.8 Å². The molecule has 1 atom stereocenters. The molecule has 1 aromatic carbocycles. The predicted molar refractivity (Wildman–Crippen MR) is 113 cm³/mol. The number of nitrogen functional groups attached to an aromatic ring is 2. The molecular weight excluding hydrogens is 403 g/mol. The zero-order valence-corrected chi connectivity index (χ0v) is 16.7. The Bertz CT molecular complexity index is 1210. The zero-order valence-electron chi connectivity index (χ0n) is 16.7. The molecule has 31 heavy (non-hydrogen) atoms. The second-order valence-corrected chi connectivity index (χ2v) is 6.61. The smallest absolute Gasteiger partial charge is 0.235 e. The fourth-order valence-electron chi connectivity index (χ4n) is 3.15. The van der Waals surface area contributed by atoms with E-state index in [4.69, 9.17) is 16.2 Å². The molecule has 0 saturated heterocycles. The van der Waals surface area contributed by atoms with E-state index >= 15 is 0 Å². The van der Waals surface area contributed by atoms with Crippen molar-refractivity contribution < 1.29 is 14.2 Å². The van der Waals surface area contributed by atoms with Crippen molar-refractivity contribution in [1.82, 2.24) is 24.6 Å². The Morgan fingerprint density at radius 1 is 1.13 bits per heavy atom. The Morgan fingerprint density at radius 3 is 2.58 bits per heavy atom. The molecule has 1 unspecified atom stereocenters. The van der Waals surface area contributed by atoms with Gasteiger partial charge in [-0.2, -0.15) is 5.10 Å². The topological polar surface area (TPSA) is 150 Å². The zero-order chi connectivity index (χ0) is 22.0. The SMILES string of the molecule is CCOC(O)Nc1c(N)nc(-c2nc(Cc3ccccc3F)n3ncccc23)nc1N. The van der Waals surface area contributed by atoms with Gasteiger partial charge in [-0.1, -0.05) is 18.2 Å². The lowest BCUT2D eigenvalue weighted by atomic mass is 10.1. The van der Waals surface area contributed by atoms with Crippen LogP contribution >= 0.6 is 0 Å². The average molecular weight is 424 g/mol. The van der Waals surface area contributed by atoms with Crippen LogP contribution in [-0.2, 0) is 11.2 Å². The minimum absolute atomic E-state index is 0.0157. The van der Waals surface area contributed by atoms with Gasteiger partial charge in [0.25, 0.3) is 0 Å². The van der Waals surface area contributed by atoms with E-state index in [1.165, 1.54) is 6.07 Å². The van der Waals surface area contributed by atoms with Crippen molar-refractivity contribution in [3.05, 3.63) is 59.8 Å². The summed E-state index contributed by atoms with van der Waals surface area (Å²) >= 11 is 0. The fraction of sp³-hybridized carbons (Fsp3) is 0.200. The molecule has 0 radical (unpaired) electrons. The van der Waals surface area contributed by atoms with Crippen molar-refractivity contribution in [3.63, 3.8) is 0 Å². The first kappa shape index (κ1) is 20.4. The molecule has 0 fully saturated rings. The maximum Gasteiger partial charge on any atom is 0.235 e. The quantitative estimate of drug-likeness (QED) is 0.326. The Hall–Kier alpha value is -3.83. The minimum atomic E-state index is -1.31. The Labute approximate surface area is 176 Å². The first-order valence-electron chi connectivity index (χ1n) is 9.53. The van der Waals surface area contributed by atoms with E-state index in [0.717, 1.165) is 0 Å². The molecular formula is C20H21FN8O2. The van der Waals surface area contributed by atoms with Gasteiger partial charge in [-0.3, -0.25) is 0 Å². The number of aliphatic hydroxyl groups is 1. The van der Waals surface area contributed by atoms with Crippen LogP contribution in [0.1, 0.15) is 18.3 Å². The number of ether oxygens (including phenoxy) is 1. The Balaban J connectivity index is 1.76. The average Bonchev–Trinajstić information content (AvgIpc) is 3.11. The van der Waals surface area contributed by atoms with Gasteiger partial charge >= 0.3 is 0 Å². The number of imidazole rings is 1. The molecule has 0 aliphatic carbocycles. The number of nitrogens with two attached hydrogens (primary N) is 2. The third-order valence-corrected chi connectivity index (χ3v) is 4.55. The summed E-state index contributed by atoms with van der Waals surface area (Å²) in [6.45, 7) is 2.01. The lowest BCUT2D eigenvalue weighted by Crippen LogP contribution is -2.24. The van der Waals surface area contributed by atoms with Crippen molar-refractivity contribution in [2.24, 2.45) is 0 Å². The maximum absolute atomic E-state index is 14.2. The number of hydrogen-bond acceptors (Lipinski definition) is 9. The molecule has 11 heteroatoms. The molecule has 0 aliphatic heterocycles. The molecule has 0 spiro atoms. The van der Waals surface area contributed by atoms with Crippen LogP contribution in [0.2, 0.25) is 0 Å². The summed E-state index contributed by atoms with van der Waals surface area (Å²) in [6.07, 6.45) is 0.513. The van der Waals surface area contributed by atoms with Crippen molar-refractivity contribution in [1.29, 1.82) is 0 Å². The van der Waals surface area contributed by atoms with E-state index in [1.807, 2.05) is 0 Å². The number of nitrogens with zero attached hydrogens (tertiary/aromatic N) is 5. The highest BCUT2D eigenvalue weighted by molar-refractivity contribution is 5.80. The molecule has 3 heterocycles. The number of anilines is 3. The van der Waals surface area contributed by atoms with E-state index < -0.39 is 6.41 Å². The van der Waals surface area contributed by atoms with Crippen LogP contribution in [0.25, 0.3) is 17.0 Å². The lowest BCUT2D eigenvalue weighted by Gasteiger charge is -2.16. The van der Waals surface area contributed by atoms with Crippen LogP contribution in [0.15, 0.2) is 42.6 Å². The highest BCUT2D eigenvalue weighted by Gasteiger charge is 2.20. The van der Waals surface area contributed by atoms with E-state index in [9.17, 15) is 9.50 Å². The Kier molecular flexibility index (Phi) is 5.60. The molecule has 0 aliphatic rings. The highest BCUT2D eigenvalue weighted by Crippen LogP contribution is 2.29. The molecule has 0 saturated carbocycles. The number of aliphatic hydroxyl groups excluding tert-OH is 1. The van der Waals surface area contributed by atoms with Crippen molar-refractivity contribution in [3.8, 4) is 11.5 Å². The summed E-state index contributed by atoms with van der Waals surface area (Å²) < 4.78 is 20.8. The first-order chi connectivity index (χ1) is 15.0. The summed E-state index contributed by atoms with van der Waals surface area (Å²) in [4.78, 5) is 13.2. The molecule has 4 aromatic rings. The third-order valence-electron chi connectivity index (χ3n) is 4.55. The minimum Gasteiger partial charge on any atom is -0.382 e. The van der Waals surface area contributed by atoms with Crippen LogP contribution in [0.4, 0.5) is 21.7 Å². The molecule has 3 aromatic heterocycles. The highest BCUT2D eigenvalue weighted by atomic mass is 19.1. The van der Waals surface area contributed by atoms with Gasteiger partial charge in [0.15, 0.2) is 17.5 Å². The van der Waals surface area contributed by atoms with Crippen molar-refractivity contribution >= 4 is 22.8 Å². The van der Waals surface area contributed by atoms with Gasteiger partial charge in [-0.25, -0.2) is 23.9 Å². The Morgan fingerprint density at radius 2 is 1.87 bits per heavy atom. The normalized spacial score (nSPS) is 12.2. The van der Waals surface area contributed by atoms with Gasteiger partial charge in [0.2, 0.25) is 6.41 Å². The summed E-state index contributed by atoms with van der Waals surface area (Å²) in [5.41, 5.74) is 13.7. The van der Waals surface area contributed by atoms with Gasteiger partial charge in [0.05, 0.1) is 5.52 Å². The molecule has 10 nitrogen and oxygen atoms in total. The summed E-state index contributed by atoms with van der Waals surface area (Å²) in [7, 11) is 0. The third kappa shape index (κ3) is 4.09. The van der Waals surface area contributed by atoms with E-state index in [-0.39, 0.29) is 42.0 Å².